The molecule has 190 valence electrons. The SMILES string of the molecule is CC(C)(C)OC(=O)N[C@H]1CCN(C(=O)[C@H](c2cccc(OC(F)(F)F)c2)C2(O)CCCCC2)C1. The van der Waals surface area contributed by atoms with E-state index in [2.05, 4.69) is 10.1 Å². The van der Waals surface area contributed by atoms with E-state index in [0.717, 1.165) is 19.3 Å². The van der Waals surface area contributed by atoms with Gasteiger partial charge in [0, 0.05) is 13.1 Å². The predicted molar refractivity (Wildman–Crippen MR) is 118 cm³/mol. The Kier molecular flexibility index (Phi) is 7.69. The summed E-state index contributed by atoms with van der Waals surface area (Å²) in [4.78, 5) is 27.3. The summed E-state index contributed by atoms with van der Waals surface area (Å²) < 4.78 is 47.6. The van der Waals surface area contributed by atoms with Crippen LogP contribution < -0.4 is 10.1 Å². The molecule has 0 spiro atoms. The number of likely N-dealkylation sites (tertiary alicyclic amines) is 1. The lowest BCUT2D eigenvalue weighted by molar-refractivity contribution is -0.274. The Bertz CT molecular complexity index is 878. The molecule has 1 aliphatic carbocycles. The number of hydrogen-bond donors (Lipinski definition) is 2. The minimum absolute atomic E-state index is 0.226. The largest absolute Gasteiger partial charge is 0.573 e. The zero-order valence-corrected chi connectivity index (χ0v) is 19.8. The summed E-state index contributed by atoms with van der Waals surface area (Å²) >= 11 is 0. The quantitative estimate of drug-likeness (QED) is 0.640. The van der Waals surface area contributed by atoms with E-state index in [-0.39, 0.29) is 24.1 Å². The molecule has 2 N–H and O–H groups in total. The number of alkyl carbamates (subject to hydrolysis) is 1. The molecule has 1 saturated heterocycles. The molecule has 2 aliphatic rings. The maximum Gasteiger partial charge on any atom is 0.573 e. The molecule has 2 atom stereocenters. The second kappa shape index (κ2) is 10.0. The van der Waals surface area contributed by atoms with E-state index in [1.807, 2.05) is 0 Å². The third kappa shape index (κ3) is 7.01. The third-order valence-corrected chi connectivity index (χ3v) is 6.15. The number of rotatable bonds is 5. The minimum Gasteiger partial charge on any atom is -0.444 e. The van der Waals surface area contributed by atoms with Crippen LogP contribution in [-0.2, 0) is 9.53 Å². The molecule has 34 heavy (non-hydrogen) atoms. The topological polar surface area (TPSA) is 88.1 Å². The minimum atomic E-state index is -4.87. The molecule has 1 saturated carbocycles. The van der Waals surface area contributed by atoms with Crippen molar-refractivity contribution in [3.8, 4) is 5.75 Å². The average Bonchev–Trinajstić information content (AvgIpc) is 3.14. The van der Waals surface area contributed by atoms with E-state index in [9.17, 15) is 27.9 Å². The lowest BCUT2D eigenvalue weighted by Gasteiger charge is -2.40. The number of hydrogen-bond acceptors (Lipinski definition) is 5. The number of aliphatic hydroxyl groups is 1. The van der Waals surface area contributed by atoms with Crippen LogP contribution in [0.2, 0.25) is 0 Å². The Morgan fingerprint density at radius 2 is 1.85 bits per heavy atom. The highest BCUT2D eigenvalue weighted by Crippen LogP contribution is 2.42. The monoisotopic (exact) mass is 486 g/mol. The molecule has 1 heterocycles. The summed E-state index contributed by atoms with van der Waals surface area (Å²) in [6.45, 7) is 5.84. The van der Waals surface area contributed by atoms with Crippen LogP contribution in [-0.4, -0.2) is 58.7 Å². The molecule has 2 fully saturated rings. The van der Waals surface area contributed by atoms with Crippen LogP contribution in [0.5, 0.6) is 5.75 Å². The maximum atomic E-state index is 13.7. The molecule has 0 radical (unpaired) electrons. The second-order valence-electron chi connectivity index (χ2n) is 10.1. The first-order valence-corrected chi connectivity index (χ1v) is 11.6. The van der Waals surface area contributed by atoms with Crippen LogP contribution in [0.1, 0.15) is 70.8 Å². The lowest BCUT2D eigenvalue weighted by Crippen LogP contribution is -2.48. The van der Waals surface area contributed by atoms with Gasteiger partial charge >= 0.3 is 12.5 Å². The van der Waals surface area contributed by atoms with Gasteiger partial charge in [-0.3, -0.25) is 4.79 Å². The standard InChI is InChI=1S/C24H33F3N2O5/c1-22(2,3)34-21(31)28-17-10-13-29(15-17)20(30)19(23(32)11-5-4-6-12-23)16-8-7-9-18(14-16)33-24(25,26)27/h7-9,14,17,19,32H,4-6,10-13,15H2,1-3H3,(H,28,31)/t17-,19-/m0/s1. The number of halogens is 3. The van der Waals surface area contributed by atoms with Crippen LogP contribution in [0.15, 0.2) is 24.3 Å². The number of nitrogens with one attached hydrogen (secondary N) is 1. The Balaban J connectivity index is 1.80. The van der Waals surface area contributed by atoms with E-state index in [1.54, 1.807) is 31.7 Å². The van der Waals surface area contributed by atoms with Crippen molar-refractivity contribution in [2.24, 2.45) is 0 Å². The summed E-state index contributed by atoms with van der Waals surface area (Å²) in [5.41, 5.74) is -1.75. The Labute approximate surface area is 197 Å². The first-order valence-electron chi connectivity index (χ1n) is 11.6. The highest BCUT2D eigenvalue weighted by Gasteiger charge is 2.46. The van der Waals surface area contributed by atoms with Crippen LogP contribution in [0.3, 0.4) is 0 Å². The summed E-state index contributed by atoms with van der Waals surface area (Å²) in [5, 5.41) is 14.2. The fourth-order valence-electron chi connectivity index (χ4n) is 4.76. The first-order chi connectivity index (χ1) is 15.8. The molecular weight excluding hydrogens is 453 g/mol. The Morgan fingerprint density at radius 1 is 1.18 bits per heavy atom. The molecule has 1 aromatic carbocycles. The predicted octanol–water partition coefficient (Wildman–Crippen LogP) is 4.49. The van der Waals surface area contributed by atoms with Crippen molar-refractivity contribution in [2.75, 3.05) is 13.1 Å². The third-order valence-electron chi connectivity index (χ3n) is 6.15. The molecule has 0 unspecified atom stereocenters. The number of alkyl halides is 3. The van der Waals surface area contributed by atoms with Gasteiger partial charge in [-0.25, -0.2) is 4.79 Å². The fourth-order valence-corrected chi connectivity index (χ4v) is 4.76. The number of ether oxygens (including phenoxy) is 2. The normalized spacial score (nSPS) is 21.6. The smallest absolute Gasteiger partial charge is 0.444 e. The van der Waals surface area contributed by atoms with Gasteiger partial charge in [-0.1, -0.05) is 31.4 Å². The van der Waals surface area contributed by atoms with Crippen molar-refractivity contribution in [1.82, 2.24) is 10.2 Å². The Hall–Kier alpha value is -2.49. The van der Waals surface area contributed by atoms with Crippen molar-refractivity contribution < 1.29 is 37.3 Å². The van der Waals surface area contributed by atoms with E-state index in [1.165, 1.54) is 18.2 Å². The molecule has 7 nitrogen and oxygen atoms in total. The molecule has 0 aromatic heterocycles. The van der Waals surface area contributed by atoms with Gasteiger partial charge < -0.3 is 24.8 Å². The van der Waals surface area contributed by atoms with Crippen LogP contribution in [0.25, 0.3) is 0 Å². The van der Waals surface area contributed by atoms with Crippen molar-refractivity contribution in [2.45, 2.75) is 88.8 Å². The van der Waals surface area contributed by atoms with Crippen LogP contribution in [0.4, 0.5) is 18.0 Å². The first kappa shape index (κ1) is 26.1. The highest BCUT2D eigenvalue weighted by molar-refractivity contribution is 5.86. The average molecular weight is 487 g/mol. The molecule has 10 heteroatoms. The Morgan fingerprint density at radius 3 is 2.47 bits per heavy atom. The van der Waals surface area contributed by atoms with Gasteiger partial charge in [-0.2, -0.15) is 0 Å². The van der Waals surface area contributed by atoms with E-state index in [4.69, 9.17) is 4.74 Å². The summed E-state index contributed by atoms with van der Waals surface area (Å²) in [6.07, 6.45) is -1.81. The van der Waals surface area contributed by atoms with Crippen molar-refractivity contribution in [1.29, 1.82) is 0 Å². The summed E-state index contributed by atoms with van der Waals surface area (Å²) in [7, 11) is 0. The highest BCUT2D eigenvalue weighted by atomic mass is 19.4. The molecular formula is C24H33F3N2O5. The molecule has 3 rings (SSSR count). The fraction of sp³-hybridized carbons (Fsp3) is 0.667. The summed E-state index contributed by atoms with van der Waals surface area (Å²) in [5.74, 6) is -1.85. The van der Waals surface area contributed by atoms with Gasteiger partial charge in [0.2, 0.25) is 5.91 Å². The molecule has 1 aliphatic heterocycles. The summed E-state index contributed by atoms with van der Waals surface area (Å²) in [6, 6.07) is 4.96. The van der Waals surface area contributed by atoms with E-state index in [0.29, 0.717) is 25.8 Å². The molecule has 2 amide bonds. The molecule has 0 bridgehead atoms. The van der Waals surface area contributed by atoms with Gasteiger partial charge in [-0.15, -0.1) is 13.2 Å². The number of benzene rings is 1. The van der Waals surface area contributed by atoms with Crippen molar-refractivity contribution >= 4 is 12.0 Å². The van der Waals surface area contributed by atoms with Crippen molar-refractivity contribution in [3.05, 3.63) is 29.8 Å². The van der Waals surface area contributed by atoms with Gasteiger partial charge in [0.1, 0.15) is 11.4 Å². The maximum absolute atomic E-state index is 13.7. The zero-order chi connectivity index (χ0) is 25.1. The van der Waals surface area contributed by atoms with E-state index >= 15 is 0 Å². The van der Waals surface area contributed by atoms with Gasteiger partial charge in [0.15, 0.2) is 0 Å². The lowest BCUT2D eigenvalue weighted by atomic mass is 9.72. The van der Waals surface area contributed by atoms with Crippen molar-refractivity contribution in [3.63, 3.8) is 0 Å². The number of amides is 2. The van der Waals surface area contributed by atoms with Gasteiger partial charge in [-0.05, 0) is 57.7 Å². The van der Waals surface area contributed by atoms with Gasteiger partial charge in [0.25, 0.3) is 0 Å². The molecule has 1 aromatic rings. The van der Waals surface area contributed by atoms with Gasteiger partial charge in [0.05, 0.1) is 17.6 Å². The van der Waals surface area contributed by atoms with E-state index < -0.39 is 35.3 Å². The van der Waals surface area contributed by atoms with Crippen LogP contribution in [0, 0.1) is 0 Å². The number of carbonyl (C=O) groups excluding carboxylic acids is 2. The zero-order valence-electron chi connectivity index (χ0n) is 19.8. The second-order valence-corrected chi connectivity index (χ2v) is 10.1. The van der Waals surface area contributed by atoms with Crippen LogP contribution >= 0.6 is 0 Å². The number of carbonyl (C=O) groups is 2. The number of nitrogens with zero attached hydrogens (tertiary/aromatic N) is 1.